The van der Waals surface area contributed by atoms with Crippen molar-refractivity contribution in [3.63, 3.8) is 0 Å². The van der Waals surface area contributed by atoms with E-state index in [1.807, 2.05) is 18.2 Å². The van der Waals surface area contributed by atoms with Gasteiger partial charge in [-0.25, -0.2) is 14.8 Å². The third-order valence-electron chi connectivity index (χ3n) is 10.4. The van der Waals surface area contributed by atoms with Crippen molar-refractivity contribution >= 4 is 35.0 Å². The molecular weight excluding hydrogens is 622 g/mol. The lowest BCUT2D eigenvalue weighted by Crippen LogP contribution is -2.51. The minimum absolute atomic E-state index is 0.0937. The highest BCUT2D eigenvalue weighted by atomic mass is 35.5. The van der Waals surface area contributed by atoms with Gasteiger partial charge in [0.05, 0.1) is 36.2 Å². The molecule has 2 aliphatic heterocycles. The second-order valence-corrected chi connectivity index (χ2v) is 14.9. The van der Waals surface area contributed by atoms with Crippen LogP contribution in [0.15, 0.2) is 60.0 Å². The number of aromatic carboxylic acids is 1. The predicted molar refractivity (Wildman–Crippen MR) is 179 cm³/mol. The van der Waals surface area contributed by atoms with Crippen molar-refractivity contribution in [2.24, 2.45) is 11.8 Å². The Morgan fingerprint density at radius 2 is 2.07 bits per heavy atom. The Morgan fingerprint density at radius 1 is 1.20 bits per heavy atom. The minimum Gasteiger partial charge on any atom is -0.490 e. The second-order valence-electron chi connectivity index (χ2n) is 13.4. The molecule has 1 saturated carbocycles. The highest BCUT2D eigenvalue weighted by molar-refractivity contribution is 7.99. The lowest BCUT2D eigenvalue weighted by atomic mass is 9.67. The number of aromatic nitrogens is 2. The van der Waals surface area contributed by atoms with Crippen LogP contribution in [0.5, 0.6) is 5.75 Å². The van der Waals surface area contributed by atoms with Gasteiger partial charge in [-0.05, 0) is 105 Å². The first-order chi connectivity index (χ1) is 22.4. The number of carboxylic acid groups (broad SMARTS) is 1. The highest BCUT2D eigenvalue weighted by Crippen LogP contribution is 2.47. The van der Waals surface area contributed by atoms with E-state index in [-0.39, 0.29) is 29.3 Å². The van der Waals surface area contributed by atoms with Gasteiger partial charge in [-0.2, -0.15) is 0 Å². The quantitative estimate of drug-likeness (QED) is 0.191. The Labute approximate surface area is 280 Å². The van der Waals surface area contributed by atoms with Crippen LogP contribution >= 0.6 is 23.4 Å². The maximum atomic E-state index is 12.0. The van der Waals surface area contributed by atoms with Gasteiger partial charge >= 0.3 is 5.97 Å². The molecule has 2 aromatic carbocycles. The Hall–Kier alpha value is -2.85. The average Bonchev–Trinajstić information content (AvgIpc) is 3.19. The van der Waals surface area contributed by atoms with E-state index in [4.69, 9.17) is 25.8 Å². The number of fused-ring (bicyclic) bond motifs is 3. The smallest absolute Gasteiger partial charge is 0.335 e. The molecule has 1 saturated heterocycles. The highest BCUT2D eigenvalue weighted by Gasteiger charge is 2.45. The molecule has 46 heavy (non-hydrogen) atoms. The third kappa shape index (κ3) is 6.75. The summed E-state index contributed by atoms with van der Waals surface area (Å²) in [7, 11) is 0. The molecule has 8 nitrogen and oxygen atoms in total. The molecule has 7 rings (SSSR count). The van der Waals surface area contributed by atoms with E-state index < -0.39 is 5.97 Å². The summed E-state index contributed by atoms with van der Waals surface area (Å²) in [5, 5.41) is 11.4. The van der Waals surface area contributed by atoms with E-state index in [0.29, 0.717) is 25.0 Å². The standard InChI is InChI=1S/C36H42ClN3O5S/c1-23(20-46-35-38-13-3-14-39-35)45-28-11-15-43-33(18-28)29-8-5-26(29)19-40-21-36(12-2-4-24-16-27(37)7-9-30(24)36)22-44-32-10-6-25(34(41)42)17-31(32)40/h3,6-7,9-10,13-14,16-17,23,26,28-29,33H,2,4-5,8,11-12,15,18-22H2,1H3,(H,41,42)/t23-,26-,28+,29+,33-,36?/m0/s1. The molecule has 244 valence electrons. The molecule has 1 aromatic heterocycles. The van der Waals surface area contributed by atoms with Gasteiger partial charge in [0.15, 0.2) is 5.16 Å². The fourth-order valence-corrected chi connectivity index (χ4v) is 8.91. The number of hydrogen-bond acceptors (Lipinski definition) is 8. The molecule has 2 fully saturated rings. The van der Waals surface area contributed by atoms with Crippen LogP contribution in [0, 0.1) is 11.8 Å². The van der Waals surface area contributed by atoms with Gasteiger partial charge in [0.1, 0.15) is 5.75 Å². The molecule has 2 aliphatic carbocycles. The van der Waals surface area contributed by atoms with Crippen molar-refractivity contribution in [2.75, 3.05) is 37.0 Å². The maximum Gasteiger partial charge on any atom is 0.335 e. The summed E-state index contributed by atoms with van der Waals surface area (Å²) in [5.74, 6) is 1.53. The lowest BCUT2D eigenvalue weighted by molar-refractivity contribution is -0.126. The third-order valence-corrected chi connectivity index (χ3v) is 11.7. The molecule has 10 heteroatoms. The van der Waals surface area contributed by atoms with Crippen LogP contribution in [0.4, 0.5) is 5.69 Å². The number of benzene rings is 2. The molecule has 0 amide bonds. The summed E-state index contributed by atoms with van der Waals surface area (Å²) in [6, 6.07) is 13.4. The summed E-state index contributed by atoms with van der Waals surface area (Å²) >= 11 is 8.05. The van der Waals surface area contributed by atoms with Crippen LogP contribution in [0.3, 0.4) is 0 Å². The van der Waals surface area contributed by atoms with E-state index in [1.165, 1.54) is 11.1 Å². The zero-order chi connectivity index (χ0) is 31.7. The number of thioether (sulfide) groups is 1. The zero-order valence-corrected chi connectivity index (χ0v) is 27.8. The van der Waals surface area contributed by atoms with E-state index >= 15 is 0 Å². The van der Waals surface area contributed by atoms with Crippen LogP contribution in [0.2, 0.25) is 5.02 Å². The number of halogens is 1. The van der Waals surface area contributed by atoms with Crippen LogP contribution < -0.4 is 9.64 Å². The van der Waals surface area contributed by atoms with Crippen molar-refractivity contribution in [1.82, 2.24) is 9.97 Å². The van der Waals surface area contributed by atoms with Gasteiger partial charge < -0.3 is 24.2 Å². The Balaban J connectivity index is 1.07. The maximum absolute atomic E-state index is 12.0. The number of carbonyl (C=O) groups is 1. The largest absolute Gasteiger partial charge is 0.490 e. The number of rotatable bonds is 9. The van der Waals surface area contributed by atoms with Crippen molar-refractivity contribution in [3.05, 3.63) is 76.6 Å². The molecule has 1 N–H and O–H groups in total. The van der Waals surface area contributed by atoms with Gasteiger partial charge in [0.2, 0.25) is 0 Å². The van der Waals surface area contributed by atoms with Crippen LogP contribution in [0.1, 0.15) is 66.9 Å². The predicted octanol–water partition coefficient (Wildman–Crippen LogP) is 7.07. The average molecular weight is 664 g/mol. The molecule has 3 heterocycles. The number of hydrogen-bond donors (Lipinski definition) is 1. The first-order valence-corrected chi connectivity index (χ1v) is 17.9. The first-order valence-electron chi connectivity index (χ1n) is 16.6. The van der Waals surface area contributed by atoms with E-state index in [9.17, 15) is 9.90 Å². The van der Waals surface area contributed by atoms with E-state index in [2.05, 4.69) is 33.9 Å². The molecular formula is C36H42ClN3O5S. The van der Waals surface area contributed by atoms with Crippen LogP contribution in [0.25, 0.3) is 0 Å². The van der Waals surface area contributed by atoms with Gasteiger partial charge in [-0.3, -0.25) is 0 Å². The minimum atomic E-state index is -0.925. The number of aryl methyl sites for hydroxylation is 1. The van der Waals surface area contributed by atoms with Crippen LogP contribution in [-0.4, -0.2) is 71.4 Å². The van der Waals surface area contributed by atoms with Crippen molar-refractivity contribution < 1.29 is 24.1 Å². The fraction of sp³-hybridized carbons (Fsp3) is 0.528. The van der Waals surface area contributed by atoms with Crippen molar-refractivity contribution in [2.45, 2.75) is 80.8 Å². The van der Waals surface area contributed by atoms with Crippen LogP contribution in [-0.2, 0) is 21.3 Å². The first kappa shape index (κ1) is 31.7. The molecule has 1 spiro atoms. The summed E-state index contributed by atoms with van der Waals surface area (Å²) in [4.78, 5) is 23.1. The van der Waals surface area contributed by atoms with Crippen molar-refractivity contribution in [3.8, 4) is 5.75 Å². The normalized spacial score (nSPS) is 27.9. The van der Waals surface area contributed by atoms with Crippen molar-refractivity contribution in [1.29, 1.82) is 0 Å². The van der Waals surface area contributed by atoms with Gasteiger partial charge in [0.25, 0.3) is 0 Å². The Morgan fingerprint density at radius 3 is 2.87 bits per heavy atom. The molecule has 4 aliphatic rings. The molecule has 0 radical (unpaired) electrons. The lowest BCUT2D eigenvalue weighted by Gasteiger charge is -2.48. The summed E-state index contributed by atoms with van der Waals surface area (Å²) < 4.78 is 19.5. The van der Waals surface area contributed by atoms with Gasteiger partial charge in [0, 0.05) is 54.7 Å². The van der Waals surface area contributed by atoms with Gasteiger partial charge in [-0.15, -0.1) is 0 Å². The molecule has 0 bridgehead atoms. The summed E-state index contributed by atoms with van der Waals surface area (Å²) in [6.07, 6.45) is 11.1. The summed E-state index contributed by atoms with van der Waals surface area (Å²) in [6.45, 7) is 5.01. The molecule has 1 unspecified atom stereocenters. The monoisotopic (exact) mass is 663 g/mol. The summed E-state index contributed by atoms with van der Waals surface area (Å²) in [5.41, 5.74) is 3.57. The molecule has 3 aromatic rings. The Kier molecular flexibility index (Phi) is 9.46. The second kappa shape index (κ2) is 13.7. The molecule has 6 atom stereocenters. The number of nitrogens with zero attached hydrogens (tertiary/aromatic N) is 3. The SMILES string of the molecule is C[C@@H](CSc1ncccn1)O[C@@H]1CCO[C@H]([C@@H]2CC[C@H]2CN2CC3(CCCc4cc(Cl)ccc43)COc3ccc(C(=O)O)cc32)C1. The van der Waals surface area contributed by atoms with Gasteiger partial charge in [-0.1, -0.05) is 29.4 Å². The Bertz CT molecular complexity index is 1550. The topological polar surface area (TPSA) is 94.0 Å². The number of carboxylic acids is 1. The number of anilines is 1. The van der Waals surface area contributed by atoms with E-state index in [1.54, 1.807) is 36.3 Å². The van der Waals surface area contributed by atoms with E-state index in [0.717, 1.165) is 85.4 Å². The number of ether oxygens (including phenoxy) is 3. The zero-order valence-electron chi connectivity index (χ0n) is 26.3. The fourth-order valence-electron chi connectivity index (χ4n) is 7.98.